The molecule has 2 heterocycles. The molecular formula is C15H17N5O. The van der Waals surface area contributed by atoms with Crippen LogP contribution in [0.3, 0.4) is 0 Å². The monoisotopic (exact) mass is 283 g/mol. The first kappa shape index (κ1) is 13.2. The number of nitrogen functional groups attached to an aromatic ring is 1. The van der Waals surface area contributed by atoms with Gasteiger partial charge in [0.15, 0.2) is 5.65 Å². The zero-order chi connectivity index (χ0) is 14.8. The van der Waals surface area contributed by atoms with E-state index in [0.717, 1.165) is 28.3 Å². The Bertz CT molecular complexity index is 781. The molecular weight excluding hydrogens is 266 g/mol. The van der Waals surface area contributed by atoms with E-state index >= 15 is 0 Å². The van der Waals surface area contributed by atoms with E-state index in [-0.39, 0.29) is 0 Å². The van der Waals surface area contributed by atoms with E-state index in [9.17, 15) is 0 Å². The summed E-state index contributed by atoms with van der Waals surface area (Å²) in [5, 5.41) is 7.58. The van der Waals surface area contributed by atoms with Gasteiger partial charge in [-0.25, -0.2) is 4.98 Å². The molecule has 0 unspecified atom stereocenters. The number of benzene rings is 1. The first-order chi connectivity index (χ1) is 10.2. The lowest BCUT2D eigenvalue weighted by atomic mass is 10.1. The van der Waals surface area contributed by atoms with Crippen molar-refractivity contribution in [3.8, 4) is 5.75 Å². The standard InChI is InChI=1S/C15H17N5O/c1-10-5-14(20-15(6-10)18-9-19-20)17-8-11-7-12(16)3-4-13(11)21-2/h3-7,9,17H,8,16H2,1-2H3. The number of nitrogens with two attached hydrogens (primary N) is 1. The van der Waals surface area contributed by atoms with Crippen LogP contribution in [0.5, 0.6) is 5.75 Å². The van der Waals surface area contributed by atoms with Crippen molar-refractivity contribution in [3.63, 3.8) is 0 Å². The fourth-order valence-electron chi connectivity index (χ4n) is 2.30. The van der Waals surface area contributed by atoms with Gasteiger partial charge in [-0.2, -0.15) is 9.61 Å². The molecule has 3 N–H and O–H groups in total. The van der Waals surface area contributed by atoms with Gasteiger partial charge in [-0.05, 0) is 42.8 Å². The van der Waals surface area contributed by atoms with Gasteiger partial charge >= 0.3 is 0 Å². The first-order valence-electron chi connectivity index (χ1n) is 6.64. The van der Waals surface area contributed by atoms with Crippen molar-refractivity contribution in [1.29, 1.82) is 0 Å². The van der Waals surface area contributed by atoms with Crippen molar-refractivity contribution >= 4 is 17.2 Å². The number of anilines is 2. The highest BCUT2D eigenvalue weighted by Gasteiger charge is 2.07. The van der Waals surface area contributed by atoms with E-state index in [1.165, 1.54) is 0 Å². The molecule has 0 fully saturated rings. The number of ether oxygens (including phenoxy) is 1. The predicted molar refractivity (Wildman–Crippen MR) is 82.5 cm³/mol. The van der Waals surface area contributed by atoms with Gasteiger partial charge in [-0.3, -0.25) is 0 Å². The molecule has 108 valence electrons. The topological polar surface area (TPSA) is 77.5 Å². The number of nitrogens with one attached hydrogen (secondary N) is 1. The van der Waals surface area contributed by atoms with Gasteiger partial charge in [-0.1, -0.05) is 0 Å². The predicted octanol–water partition coefficient (Wildman–Crippen LogP) is 2.24. The highest BCUT2D eigenvalue weighted by Crippen LogP contribution is 2.22. The molecule has 6 heteroatoms. The van der Waals surface area contributed by atoms with Crippen molar-refractivity contribution in [2.24, 2.45) is 0 Å². The number of fused-ring (bicyclic) bond motifs is 1. The van der Waals surface area contributed by atoms with Crippen LogP contribution in [-0.2, 0) is 6.54 Å². The summed E-state index contributed by atoms with van der Waals surface area (Å²) in [6, 6.07) is 9.61. The Labute approximate surface area is 122 Å². The van der Waals surface area contributed by atoms with E-state index in [0.29, 0.717) is 12.2 Å². The number of methoxy groups -OCH3 is 1. The molecule has 0 spiro atoms. The Morgan fingerprint density at radius 2 is 2.14 bits per heavy atom. The molecule has 0 atom stereocenters. The van der Waals surface area contributed by atoms with Crippen LogP contribution in [-0.4, -0.2) is 21.7 Å². The molecule has 0 saturated carbocycles. The summed E-state index contributed by atoms with van der Waals surface area (Å²) in [5.41, 5.74) is 9.48. The van der Waals surface area contributed by atoms with Crippen LogP contribution in [0, 0.1) is 6.92 Å². The number of rotatable bonds is 4. The smallest absolute Gasteiger partial charge is 0.157 e. The summed E-state index contributed by atoms with van der Waals surface area (Å²) >= 11 is 0. The zero-order valence-electron chi connectivity index (χ0n) is 12.0. The third-order valence-corrected chi connectivity index (χ3v) is 3.29. The van der Waals surface area contributed by atoms with Crippen LogP contribution in [0.4, 0.5) is 11.5 Å². The summed E-state index contributed by atoms with van der Waals surface area (Å²) in [7, 11) is 1.65. The number of hydrogen-bond donors (Lipinski definition) is 2. The van der Waals surface area contributed by atoms with Crippen LogP contribution >= 0.6 is 0 Å². The van der Waals surface area contributed by atoms with Gasteiger partial charge in [0.2, 0.25) is 0 Å². The molecule has 0 aliphatic carbocycles. The minimum atomic E-state index is 0.590. The Morgan fingerprint density at radius 1 is 1.29 bits per heavy atom. The first-order valence-corrected chi connectivity index (χ1v) is 6.64. The molecule has 0 radical (unpaired) electrons. The Balaban J connectivity index is 1.90. The van der Waals surface area contributed by atoms with Gasteiger partial charge in [0.05, 0.1) is 7.11 Å². The maximum atomic E-state index is 5.84. The Kier molecular flexibility index (Phi) is 3.35. The fourth-order valence-corrected chi connectivity index (χ4v) is 2.30. The number of nitrogens with zero attached hydrogens (tertiary/aromatic N) is 3. The lowest BCUT2D eigenvalue weighted by Gasteiger charge is -2.12. The average Bonchev–Trinajstić information content (AvgIpc) is 2.93. The molecule has 0 aliphatic heterocycles. The van der Waals surface area contributed by atoms with Crippen LogP contribution in [0.2, 0.25) is 0 Å². The molecule has 0 amide bonds. The molecule has 2 aromatic heterocycles. The second-order valence-corrected chi connectivity index (χ2v) is 4.87. The molecule has 21 heavy (non-hydrogen) atoms. The number of aryl methyl sites for hydroxylation is 1. The number of pyridine rings is 1. The largest absolute Gasteiger partial charge is 0.496 e. The zero-order valence-corrected chi connectivity index (χ0v) is 12.0. The molecule has 1 aromatic carbocycles. The van der Waals surface area contributed by atoms with Crippen LogP contribution < -0.4 is 15.8 Å². The summed E-state index contributed by atoms with van der Waals surface area (Å²) in [6.45, 7) is 2.62. The van der Waals surface area contributed by atoms with E-state index in [1.54, 1.807) is 18.0 Å². The van der Waals surface area contributed by atoms with Crippen molar-refractivity contribution < 1.29 is 4.74 Å². The average molecular weight is 283 g/mol. The summed E-state index contributed by atoms with van der Waals surface area (Å²) in [4.78, 5) is 4.21. The van der Waals surface area contributed by atoms with E-state index < -0.39 is 0 Å². The Hall–Kier alpha value is -2.76. The van der Waals surface area contributed by atoms with Crippen LogP contribution in [0.15, 0.2) is 36.7 Å². The molecule has 3 rings (SSSR count). The Morgan fingerprint density at radius 3 is 2.95 bits per heavy atom. The maximum absolute atomic E-state index is 5.84. The second-order valence-electron chi connectivity index (χ2n) is 4.87. The number of aromatic nitrogens is 3. The quantitative estimate of drug-likeness (QED) is 0.718. The maximum Gasteiger partial charge on any atom is 0.157 e. The molecule has 6 nitrogen and oxygen atoms in total. The highest BCUT2D eigenvalue weighted by atomic mass is 16.5. The van der Waals surface area contributed by atoms with Crippen molar-refractivity contribution in [1.82, 2.24) is 14.6 Å². The summed E-state index contributed by atoms with van der Waals surface area (Å²) in [5.74, 6) is 1.69. The van der Waals surface area contributed by atoms with Crippen LogP contribution in [0.25, 0.3) is 5.65 Å². The van der Waals surface area contributed by atoms with Gasteiger partial charge in [0, 0.05) is 17.8 Å². The number of hydrogen-bond acceptors (Lipinski definition) is 5. The van der Waals surface area contributed by atoms with E-state index in [4.69, 9.17) is 10.5 Å². The molecule has 0 bridgehead atoms. The van der Waals surface area contributed by atoms with Gasteiger partial charge in [-0.15, -0.1) is 0 Å². The third-order valence-electron chi connectivity index (χ3n) is 3.29. The van der Waals surface area contributed by atoms with Crippen molar-refractivity contribution in [2.45, 2.75) is 13.5 Å². The van der Waals surface area contributed by atoms with Gasteiger partial charge < -0.3 is 15.8 Å². The van der Waals surface area contributed by atoms with Crippen molar-refractivity contribution in [2.75, 3.05) is 18.2 Å². The van der Waals surface area contributed by atoms with Crippen LogP contribution in [0.1, 0.15) is 11.1 Å². The highest BCUT2D eigenvalue weighted by molar-refractivity contribution is 5.53. The summed E-state index contributed by atoms with van der Waals surface area (Å²) < 4.78 is 7.12. The summed E-state index contributed by atoms with van der Waals surface area (Å²) in [6.07, 6.45) is 1.54. The minimum Gasteiger partial charge on any atom is -0.496 e. The fraction of sp³-hybridized carbons (Fsp3) is 0.200. The van der Waals surface area contributed by atoms with E-state index in [1.807, 2.05) is 37.3 Å². The molecule has 3 aromatic rings. The SMILES string of the molecule is COc1ccc(N)cc1CNc1cc(C)cc2ncnn12. The normalized spacial score (nSPS) is 10.8. The third kappa shape index (κ3) is 2.60. The van der Waals surface area contributed by atoms with E-state index in [2.05, 4.69) is 15.4 Å². The van der Waals surface area contributed by atoms with Gasteiger partial charge in [0.1, 0.15) is 17.9 Å². The lowest BCUT2D eigenvalue weighted by Crippen LogP contribution is -2.07. The lowest BCUT2D eigenvalue weighted by molar-refractivity contribution is 0.410. The molecule has 0 saturated heterocycles. The minimum absolute atomic E-state index is 0.590. The van der Waals surface area contributed by atoms with Crippen molar-refractivity contribution in [3.05, 3.63) is 47.8 Å². The second kappa shape index (κ2) is 5.32. The molecule has 0 aliphatic rings. The van der Waals surface area contributed by atoms with Gasteiger partial charge in [0.25, 0.3) is 0 Å².